The number of nitrogens with zero attached hydrogens (tertiary/aromatic N) is 2. The number of ether oxygens (including phenoxy) is 1. The van der Waals surface area contributed by atoms with Crippen LogP contribution in [-0.2, 0) is 19.7 Å². The third-order valence-electron chi connectivity index (χ3n) is 4.63. The van der Waals surface area contributed by atoms with Crippen LogP contribution in [0.2, 0.25) is 0 Å². The van der Waals surface area contributed by atoms with E-state index in [-0.39, 0.29) is 12.4 Å². The van der Waals surface area contributed by atoms with Crippen LogP contribution in [0.25, 0.3) is 0 Å². The van der Waals surface area contributed by atoms with Gasteiger partial charge in [0.25, 0.3) is 0 Å². The van der Waals surface area contributed by atoms with E-state index in [1.165, 1.54) is 31.7 Å². The number of hydrogen-bond donors (Lipinski definition) is 1. The first-order valence-corrected chi connectivity index (χ1v) is 8.75. The quantitative estimate of drug-likeness (QED) is 0.838. The van der Waals surface area contributed by atoms with Gasteiger partial charge in [0.2, 0.25) is 5.88 Å². The molecule has 1 saturated carbocycles. The van der Waals surface area contributed by atoms with E-state index < -0.39 is 0 Å². The van der Waals surface area contributed by atoms with Crippen molar-refractivity contribution < 1.29 is 9.13 Å². The first-order valence-electron chi connectivity index (χ1n) is 8.75. The Morgan fingerprint density at radius 2 is 2.08 bits per heavy atom. The molecule has 0 aliphatic heterocycles. The highest BCUT2D eigenvalue weighted by molar-refractivity contribution is 5.24. The van der Waals surface area contributed by atoms with Gasteiger partial charge in [0.15, 0.2) is 0 Å². The minimum atomic E-state index is -0.224. The van der Waals surface area contributed by atoms with Gasteiger partial charge in [0.1, 0.15) is 12.4 Å². The zero-order valence-electron chi connectivity index (χ0n) is 14.5. The van der Waals surface area contributed by atoms with Gasteiger partial charge in [-0.05, 0) is 44.9 Å². The molecule has 1 aliphatic carbocycles. The van der Waals surface area contributed by atoms with Gasteiger partial charge in [-0.2, -0.15) is 5.10 Å². The average molecular weight is 331 g/mol. The van der Waals surface area contributed by atoms with E-state index in [1.807, 2.05) is 30.8 Å². The predicted octanol–water partition coefficient (Wildman–Crippen LogP) is 3.82. The molecule has 3 rings (SSSR count). The molecule has 4 nitrogen and oxygen atoms in total. The van der Waals surface area contributed by atoms with Crippen molar-refractivity contribution in [2.24, 2.45) is 5.92 Å². The van der Waals surface area contributed by atoms with Crippen molar-refractivity contribution in [3.8, 4) is 5.88 Å². The van der Waals surface area contributed by atoms with E-state index in [0.29, 0.717) is 18.0 Å². The summed E-state index contributed by atoms with van der Waals surface area (Å²) >= 11 is 0. The second-order valence-electron chi connectivity index (χ2n) is 6.72. The first-order chi connectivity index (χ1) is 11.7. The number of nitrogens with one attached hydrogen (secondary N) is 1. The van der Waals surface area contributed by atoms with Crippen LogP contribution in [0.3, 0.4) is 0 Å². The highest BCUT2D eigenvalue weighted by atomic mass is 19.1. The Morgan fingerprint density at radius 1 is 1.29 bits per heavy atom. The van der Waals surface area contributed by atoms with E-state index in [4.69, 9.17) is 4.74 Å². The molecule has 24 heavy (non-hydrogen) atoms. The van der Waals surface area contributed by atoms with Crippen molar-refractivity contribution in [3.05, 3.63) is 46.9 Å². The summed E-state index contributed by atoms with van der Waals surface area (Å²) in [5, 5.41) is 7.77. The van der Waals surface area contributed by atoms with Gasteiger partial charge < -0.3 is 10.1 Å². The number of aryl methyl sites for hydroxylation is 1. The molecule has 0 saturated heterocycles. The van der Waals surface area contributed by atoms with Gasteiger partial charge in [-0.25, -0.2) is 9.07 Å². The lowest BCUT2D eigenvalue weighted by Crippen LogP contribution is -2.12. The molecule has 0 amide bonds. The van der Waals surface area contributed by atoms with Crippen molar-refractivity contribution in [2.75, 3.05) is 7.05 Å². The molecule has 0 bridgehead atoms. The molecule has 1 fully saturated rings. The lowest BCUT2D eigenvalue weighted by Gasteiger charge is -2.13. The molecule has 1 N–H and O–H groups in total. The Morgan fingerprint density at radius 3 is 2.83 bits per heavy atom. The smallest absolute Gasteiger partial charge is 0.212 e. The second kappa shape index (κ2) is 7.79. The molecule has 1 aliphatic rings. The van der Waals surface area contributed by atoms with E-state index in [0.717, 1.165) is 23.7 Å². The topological polar surface area (TPSA) is 39.1 Å². The molecular formula is C19H26FN3O. The van der Waals surface area contributed by atoms with Gasteiger partial charge in [0.05, 0.1) is 5.69 Å². The fourth-order valence-electron chi connectivity index (χ4n) is 3.37. The van der Waals surface area contributed by atoms with E-state index in [2.05, 4.69) is 10.4 Å². The van der Waals surface area contributed by atoms with Gasteiger partial charge >= 0.3 is 0 Å². The number of rotatable bonds is 7. The lowest BCUT2D eigenvalue weighted by molar-refractivity contribution is 0.257. The Balaban J connectivity index is 1.73. The summed E-state index contributed by atoms with van der Waals surface area (Å²) in [6, 6.07) is 7.06. The number of benzene rings is 1. The maximum absolute atomic E-state index is 13.9. The normalized spacial score (nSPS) is 15.1. The maximum atomic E-state index is 13.9. The van der Waals surface area contributed by atoms with Crippen molar-refractivity contribution >= 4 is 0 Å². The van der Waals surface area contributed by atoms with Gasteiger partial charge in [-0.15, -0.1) is 0 Å². The van der Waals surface area contributed by atoms with Crippen LogP contribution in [0.15, 0.2) is 24.3 Å². The van der Waals surface area contributed by atoms with Crippen LogP contribution < -0.4 is 10.1 Å². The van der Waals surface area contributed by atoms with E-state index in [9.17, 15) is 4.39 Å². The predicted molar refractivity (Wildman–Crippen MR) is 92.4 cm³/mol. The molecule has 130 valence electrons. The Labute approximate surface area is 143 Å². The van der Waals surface area contributed by atoms with Gasteiger partial charge in [0, 0.05) is 24.7 Å². The summed E-state index contributed by atoms with van der Waals surface area (Å²) < 4.78 is 21.8. The second-order valence-corrected chi connectivity index (χ2v) is 6.72. The molecule has 2 aromatic rings. The van der Waals surface area contributed by atoms with Crippen LogP contribution in [0, 0.1) is 18.7 Å². The van der Waals surface area contributed by atoms with Gasteiger partial charge in [-0.1, -0.05) is 24.5 Å². The third-order valence-corrected chi connectivity index (χ3v) is 4.63. The molecule has 1 heterocycles. The number of hydrogen-bond acceptors (Lipinski definition) is 3. The largest absolute Gasteiger partial charge is 0.473 e. The molecule has 1 aromatic heterocycles. The van der Waals surface area contributed by atoms with Crippen molar-refractivity contribution in [1.82, 2.24) is 15.1 Å². The SMILES string of the molecule is CNCc1cc(OCc2cc(C)ccc2F)n(CC2CCCC2)n1. The fourth-order valence-corrected chi connectivity index (χ4v) is 3.37. The molecule has 1 aromatic carbocycles. The highest BCUT2D eigenvalue weighted by Gasteiger charge is 2.19. The monoisotopic (exact) mass is 331 g/mol. The van der Waals surface area contributed by atoms with Crippen LogP contribution in [0.5, 0.6) is 5.88 Å². The van der Waals surface area contributed by atoms with Crippen molar-refractivity contribution in [1.29, 1.82) is 0 Å². The Hall–Kier alpha value is -1.88. The summed E-state index contributed by atoms with van der Waals surface area (Å²) in [4.78, 5) is 0. The molecular weight excluding hydrogens is 305 g/mol. The minimum Gasteiger partial charge on any atom is -0.473 e. The minimum absolute atomic E-state index is 0.224. The number of aromatic nitrogens is 2. The molecule has 0 unspecified atom stereocenters. The molecule has 0 radical (unpaired) electrons. The van der Waals surface area contributed by atoms with Crippen molar-refractivity contribution in [3.63, 3.8) is 0 Å². The summed E-state index contributed by atoms with van der Waals surface area (Å²) in [6.07, 6.45) is 5.13. The Kier molecular flexibility index (Phi) is 5.51. The Bertz CT molecular complexity index is 677. The summed E-state index contributed by atoms with van der Waals surface area (Å²) in [6.45, 7) is 3.77. The maximum Gasteiger partial charge on any atom is 0.212 e. The van der Waals surface area contributed by atoms with Crippen LogP contribution in [0.1, 0.15) is 42.5 Å². The summed E-state index contributed by atoms with van der Waals surface area (Å²) in [5.41, 5.74) is 2.57. The fraction of sp³-hybridized carbons (Fsp3) is 0.526. The first kappa shape index (κ1) is 17.0. The third kappa shape index (κ3) is 4.15. The zero-order valence-corrected chi connectivity index (χ0v) is 14.5. The highest BCUT2D eigenvalue weighted by Crippen LogP contribution is 2.28. The summed E-state index contributed by atoms with van der Waals surface area (Å²) in [7, 11) is 1.90. The molecule has 5 heteroatoms. The zero-order chi connectivity index (χ0) is 16.9. The standard InChI is InChI=1S/C19H26FN3O/c1-14-7-8-18(20)16(9-14)13-24-19-10-17(11-21-2)22-23(19)12-15-5-3-4-6-15/h7-10,15,21H,3-6,11-13H2,1-2H3. The van der Waals surface area contributed by atoms with E-state index in [1.54, 1.807) is 6.07 Å². The lowest BCUT2D eigenvalue weighted by atomic mass is 10.1. The molecule has 0 atom stereocenters. The van der Waals surface area contributed by atoms with Gasteiger partial charge in [-0.3, -0.25) is 0 Å². The van der Waals surface area contributed by atoms with Crippen LogP contribution >= 0.6 is 0 Å². The molecule has 0 spiro atoms. The van der Waals surface area contributed by atoms with Crippen molar-refractivity contribution in [2.45, 2.75) is 52.3 Å². The van der Waals surface area contributed by atoms with E-state index >= 15 is 0 Å². The van der Waals surface area contributed by atoms with Crippen LogP contribution in [0.4, 0.5) is 4.39 Å². The number of halogens is 1. The van der Waals surface area contributed by atoms with Crippen LogP contribution in [-0.4, -0.2) is 16.8 Å². The average Bonchev–Trinajstić information content (AvgIpc) is 3.19. The summed E-state index contributed by atoms with van der Waals surface area (Å²) in [5.74, 6) is 1.18.